The molecule has 1 radical (unpaired) electrons. The molecule has 0 spiro atoms. The van der Waals surface area contributed by atoms with Crippen molar-refractivity contribution in [2.75, 3.05) is 0 Å². The quantitative estimate of drug-likeness (QED) is 0.645. The lowest BCUT2D eigenvalue weighted by Crippen LogP contribution is -2.11. The van der Waals surface area contributed by atoms with Crippen LogP contribution in [0, 0.1) is 6.58 Å². The zero-order chi connectivity index (χ0) is 12.6. The second-order valence-corrected chi connectivity index (χ2v) is 2.96. The van der Waals surface area contributed by atoms with Crippen molar-refractivity contribution in [2.24, 2.45) is 0 Å². The van der Waals surface area contributed by atoms with Crippen LogP contribution in [-0.2, 0) is 12.4 Å². The minimum Gasteiger partial charge on any atom is -0.166 e. The first-order chi connectivity index (χ1) is 7.16. The molecule has 0 fully saturated rings. The molecule has 1 aromatic carbocycles. The number of halogens is 6. The largest absolute Gasteiger partial charge is 0.416 e. The molecule has 0 aromatic heterocycles. The van der Waals surface area contributed by atoms with Crippen molar-refractivity contribution in [1.82, 2.24) is 0 Å². The Morgan fingerprint density at radius 3 is 1.88 bits per heavy atom. The summed E-state index contributed by atoms with van der Waals surface area (Å²) in [6.07, 6.45) is -8.92. The van der Waals surface area contributed by atoms with Crippen LogP contribution in [0.25, 0.3) is 6.08 Å². The van der Waals surface area contributed by atoms with E-state index in [1.807, 2.05) is 0 Å². The van der Waals surface area contributed by atoms with Gasteiger partial charge in [0, 0.05) is 0 Å². The zero-order valence-electron chi connectivity index (χ0n) is 7.65. The minimum atomic E-state index is -4.73. The third-order valence-corrected chi connectivity index (χ3v) is 1.86. The summed E-state index contributed by atoms with van der Waals surface area (Å²) < 4.78 is 73.5. The summed E-state index contributed by atoms with van der Waals surface area (Å²) in [4.78, 5) is 0. The molecule has 0 aliphatic heterocycles. The van der Waals surface area contributed by atoms with Crippen molar-refractivity contribution >= 4 is 6.08 Å². The second-order valence-electron chi connectivity index (χ2n) is 2.96. The monoisotopic (exact) mass is 239 g/mol. The van der Waals surface area contributed by atoms with Gasteiger partial charge >= 0.3 is 12.4 Å². The number of benzene rings is 1. The normalized spacial score (nSPS) is 12.6. The Kier molecular flexibility index (Phi) is 3.03. The highest BCUT2D eigenvalue weighted by atomic mass is 19.4. The summed E-state index contributed by atoms with van der Waals surface area (Å²) in [6.45, 7) is 4.87. The van der Waals surface area contributed by atoms with Crippen molar-refractivity contribution in [3.8, 4) is 0 Å². The van der Waals surface area contributed by atoms with Crippen LogP contribution in [0.5, 0.6) is 0 Å². The van der Waals surface area contributed by atoms with E-state index < -0.39 is 29.0 Å². The number of rotatable bonds is 1. The van der Waals surface area contributed by atoms with Crippen molar-refractivity contribution in [3.05, 3.63) is 41.5 Å². The Hall–Kier alpha value is -1.46. The molecular weight excluding hydrogens is 234 g/mol. The van der Waals surface area contributed by atoms with Gasteiger partial charge in [0.05, 0.1) is 11.1 Å². The molecule has 0 aliphatic rings. The summed E-state index contributed by atoms with van der Waals surface area (Å²) >= 11 is 0. The minimum absolute atomic E-state index is 0.363. The molecule has 0 aliphatic carbocycles. The van der Waals surface area contributed by atoms with Crippen LogP contribution >= 0.6 is 0 Å². The fraction of sp³-hybridized carbons (Fsp3) is 0.200. The van der Waals surface area contributed by atoms with Crippen LogP contribution in [0.3, 0.4) is 0 Å². The van der Waals surface area contributed by atoms with Gasteiger partial charge in [-0.3, -0.25) is 0 Å². The van der Waals surface area contributed by atoms with Gasteiger partial charge < -0.3 is 0 Å². The Balaban J connectivity index is 3.34. The van der Waals surface area contributed by atoms with Crippen LogP contribution in [0.1, 0.15) is 16.7 Å². The summed E-state index contributed by atoms with van der Waals surface area (Å²) in [6, 6.07) is 1.10. The molecule has 0 saturated heterocycles. The average molecular weight is 239 g/mol. The Labute approximate surface area is 87.2 Å². The molecular formula is C10H5F6. The molecule has 0 amide bonds. The van der Waals surface area contributed by atoms with Crippen LogP contribution in [0.4, 0.5) is 26.3 Å². The van der Waals surface area contributed by atoms with Crippen molar-refractivity contribution in [1.29, 1.82) is 0 Å². The first-order valence-corrected chi connectivity index (χ1v) is 3.99. The maximum atomic E-state index is 12.3. The smallest absolute Gasteiger partial charge is 0.166 e. The van der Waals surface area contributed by atoms with Crippen LogP contribution in [0.15, 0.2) is 18.2 Å². The third kappa shape index (κ3) is 2.56. The van der Waals surface area contributed by atoms with Crippen molar-refractivity contribution < 1.29 is 26.3 Å². The van der Waals surface area contributed by atoms with E-state index in [0.717, 1.165) is 0 Å². The highest BCUT2D eigenvalue weighted by molar-refractivity contribution is 5.53. The Morgan fingerprint density at radius 2 is 1.50 bits per heavy atom. The maximum Gasteiger partial charge on any atom is 0.416 e. The highest BCUT2D eigenvalue weighted by Gasteiger charge is 2.36. The highest BCUT2D eigenvalue weighted by Crippen LogP contribution is 2.36. The van der Waals surface area contributed by atoms with Gasteiger partial charge in [0.15, 0.2) is 0 Å². The van der Waals surface area contributed by atoms with Gasteiger partial charge in [0.25, 0.3) is 0 Å². The van der Waals surface area contributed by atoms with Gasteiger partial charge in [-0.2, -0.15) is 26.3 Å². The number of hydrogen-bond acceptors (Lipinski definition) is 0. The molecule has 1 rings (SSSR count). The lowest BCUT2D eigenvalue weighted by atomic mass is 10.0. The molecule has 0 unspecified atom stereocenters. The molecule has 0 heterocycles. The van der Waals surface area contributed by atoms with E-state index >= 15 is 0 Å². The number of hydrogen-bond donors (Lipinski definition) is 0. The summed E-state index contributed by atoms with van der Waals surface area (Å²) in [5, 5.41) is 0. The van der Waals surface area contributed by atoms with Crippen LogP contribution < -0.4 is 0 Å². The fourth-order valence-corrected chi connectivity index (χ4v) is 1.14. The molecule has 0 N–H and O–H groups in total. The van der Waals surface area contributed by atoms with Gasteiger partial charge in [-0.1, -0.05) is 12.7 Å². The van der Waals surface area contributed by atoms with E-state index in [-0.39, 0.29) is 0 Å². The standard InChI is InChI=1S/C10H5F6/c1-2-6-5-7(9(11,12)13)3-4-8(6)10(14,15)16/h1-5H. The lowest BCUT2D eigenvalue weighted by Gasteiger charge is -2.13. The predicted molar refractivity (Wildman–Crippen MR) is 45.2 cm³/mol. The van der Waals surface area contributed by atoms with Crippen LogP contribution in [0.2, 0.25) is 0 Å². The number of alkyl halides is 6. The third-order valence-electron chi connectivity index (χ3n) is 1.86. The molecule has 1 aromatic rings. The second kappa shape index (κ2) is 3.84. The predicted octanol–water partition coefficient (Wildman–Crippen LogP) is 4.17. The molecule has 16 heavy (non-hydrogen) atoms. The van der Waals surface area contributed by atoms with Crippen molar-refractivity contribution in [2.45, 2.75) is 12.4 Å². The molecule has 0 bridgehead atoms. The first kappa shape index (κ1) is 12.6. The van der Waals surface area contributed by atoms with E-state index in [0.29, 0.717) is 24.3 Å². The van der Waals surface area contributed by atoms with E-state index in [1.54, 1.807) is 0 Å². The molecule has 0 atom stereocenters. The lowest BCUT2D eigenvalue weighted by molar-refractivity contribution is -0.141. The summed E-state index contributed by atoms with van der Waals surface area (Å²) in [5.41, 5.74) is -3.05. The van der Waals surface area contributed by atoms with Gasteiger partial charge in [0.2, 0.25) is 0 Å². The summed E-state index contributed by atoms with van der Waals surface area (Å²) in [5.74, 6) is 0. The van der Waals surface area contributed by atoms with E-state index in [9.17, 15) is 26.3 Å². The molecule has 0 nitrogen and oxygen atoms in total. The Bertz CT molecular complexity index is 399. The topological polar surface area (TPSA) is 0 Å². The Morgan fingerprint density at radius 1 is 0.938 bits per heavy atom. The van der Waals surface area contributed by atoms with Gasteiger partial charge in [-0.25, -0.2) is 0 Å². The fourth-order valence-electron chi connectivity index (χ4n) is 1.14. The van der Waals surface area contributed by atoms with Crippen molar-refractivity contribution in [3.63, 3.8) is 0 Å². The first-order valence-electron chi connectivity index (χ1n) is 3.99. The molecule has 6 heteroatoms. The van der Waals surface area contributed by atoms with E-state index in [4.69, 9.17) is 6.58 Å². The molecule has 87 valence electrons. The maximum absolute atomic E-state index is 12.3. The SMILES string of the molecule is [CH]=Cc1cc(C(F)(F)F)ccc1C(F)(F)F. The van der Waals surface area contributed by atoms with Gasteiger partial charge in [-0.15, -0.1) is 0 Å². The van der Waals surface area contributed by atoms with Crippen LogP contribution in [-0.4, -0.2) is 0 Å². The van der Waals surface area contributed by atoms with Gasteiger partial charge in [0.1, 0.15) is 0 Å². The summed E-state index contributed by atoms with van der Waals surface area (Å²) in [7, 11) is 0. The zero-order valence-corrected chi connectivity index (χ0v) is 7.65. The van der Waals surface area contributed by atoms with E-state index in [2.05, 4.69) is 0 Å². The molecule has 0 saturated carbocycles. The van der Waals surface area contributed by atoms with E-state index in [1.165, 1.54) is 0 Å². The average Bonchev–Trinajstić information content (AvgIpc) is 2.14. The van der Waals surface area contributed by atoms with Gasteiger partial charge in [-0.05, 0) is 23.8 Å².